The quantitative estimate of drug-likeness (QED) is 0.434. The number of para-hydroxylation sites is 1. The van der Waals surface area contributed by atoms with E-state index in [0.29, 0.717) is 17.2 Å². The van der Waals surface area contributed by atoms with Crippen LogP contribution in [0, 0.1) is 0 Å². The van der Waals surface area contributed by atoms with Gasteiger partial charge in [0.05, 0.1) is 18.0 Å². The van der Waals surface area contributed by atoms with E-state index in [9.17, 15) is 13.2 Å². The van der Waals surface area contributed by atoms with Crippen molar-refractivity contribution >= 4 is 21.6 Å². The smallest absolute Gasteiger partial charge is 0.241 e. The molecule has 3 aromatic carbocycles. The number of benzene rings is 3. The zero-order chi connectivity index (χ0) is 24.8. The Morgan fingerprint density at radius 1 is 0.943 bits per heavy atom. The molecule has 0 aliphatic heterocycles. The van der Waals surface area contributed by atoms with Gasteiger partial charge in [-0.1, -0.05) is 43.3 Å². The Bertz CT molecular complexity index is 1260. The maximum atomic E-state index is 13.0. The molecule has 0 saturated carbocycles. The van der Waals surface area contributed by atoms with E-state index in [0.717, 1.165) is 35.4 Å². The minimum atomic E-state index is -3.67. The molecule has 1 N–H and O–H groups in total. The molecule has 0 spiro atoms. The van der Waals surface area contributed by atoms with Crippen LogP contribution in [0.25, 0.3) is 0 Å². The van der Waals surface area contributed by atoms with Gasteiger partial charge >= 0.3 is 0 Å². The van der Waals surface area contributed by atoms with E-state index in [1.807, 2.05) is 37.3 Å². The number of hydrogen-bond acceptors (Lipinski definition) is 4. The van der Waals surface area contributed by atoms with Crippen LogP contribution in [0.4, 0.5) is 5.69 Å². The van der Waals surface area contributed by atoms with Crippen LogP contribution in [0.3, 0.4) is 0 Å². The number of ether oxygens (including phenoxy) is 1. The van der Waals surface area contributed by atoms with Crippen molar-refractivity contribution in [2.75, 3.05) is 17.1 Å². The van der Waals surface area contributed by atoms with Gasteiger partial charge in [0.1, 0.15) is 18.0 Å². The van der Waals surface area contributed by atoms with Crippen LogP contribution >= 0.6 is 0 Å². The topological polar surface area (TPSA) is 75.7 Å². The van der Waals surface area contributed by atoms with Crippen LogP contribution in [0.1, 0.15) is 48.9 Å². The fourth-order valence-corrected chi connectivity index (χ4v) is 5.32. The Kier molecular flexibility index (Phi) is 7.76. The number of hydrogen-bond donors (Lipinski definition) is 1. The van der Waals surface area contributed by atoms with Crippen LogP contribution in [-0.4, -0.2) is 27.1 Å². The highest BCUT2D eigenvalue weighted by atomic mass is 32.2. The van der Waals surface area contributed by atoms with Crippen molar-refractivity contribution in [1.82, 2.24) is 5.32 Å². The number of rotatable bonds is 9. The summed E-state index contributed by atoms with van der Waals surface area (Å²) in [6.45, 7) is 1.73. The lowest BCUT2D eigenvalue weighted by atomic mass is 9.89. The number of amides is 1. The second kappa shape index (κ2) is 11.0. The van der Waals surface area contributed by atoms with Gasteiger partial charge < -0.3 is 10.1 Å². The number of nitrogens with zero attached hydrogens (tertiary/aromatic N) is 1. The Morgan fingerprint density at radius 3 is 2.26 bits per heavy atom. The van der Waals surface area contributed by atoms with Crippen molar-refractivity contribution in [3.8, 4) is 11.5 Å². The molecule has 35 heavy (non-hydrogen) atoms. The van der Waals surface area contributed by atoms with E-state index in [-0.39, 0.29) is 18.5 Å². The van der Waals surface area contributed by atoms with Gasteiger partial charge in [0.25, 0.3) is 0 Å². The highest BCUT2D eigenvalue weighted by Crippen LogP contribution is 2.27. The van der Waals surface area contributed by atoms with Gasteiger partial charge in [-0.15, -0.1) is 0 Å². The summed E-state index contributed by atoms with van der Waals surface area (Å²) in [4.78, 5) is 13.0. The maximum absolute atomic E-state index is 13.0. The third-order valence-electron chi connectivity index (χ3n) is 6.31. The van der Waals surface area contributed by atoms with Crippen molar-refractivity contribution in [1.29, 1.82) is 0 Å². The monoisotopic (exact) mass is 492 g/mol. The molecule has 184 valence electrons. The summed E-state index contributed by atoms with van der Waals surface area (Å²) >= 11 is 0. The zero-order valence-electron chi connectivity index (χ0n) is 20.2. The Labute approximate surface area is 208 Å². The molecule has 7 heteroatoms. The van der Waals surface area contributed by atoms with Gasteiger partial charge in [-0.25, -0.2) is 8.42 Å². The molecule has 0 heterocycles. The van der Waals surface area contributed by atoms with Crippen LogP contribution < -0.4 is 14.4 Å². The Morgan fingerprint density at radius 2 is 1.60 bits per heavy atom. The molecule has 0 aromatic heterocycles. The molecule has 1 amide bonds. The fourth-order valence-electron chi connectivity index (χ4n) is 4.47. The molecule has 0 radical (unpaired) electrons. The molecule has 6 nitrogen and oxygen atoms in total. The number of carbonyl (C=O) groups excluding carboxylic acids is 1. The predicted molar refractivity (Wildman–Crippen MR) is 139 cm³/mol. The summed E-state index contributed by atoms with van der Waals surface area (Å²) in [6.07, 6.45) is 6.42. The predicted octanol–water partition coefficient (Wildman–Crippen LogP) is 5.39. The number of aryl methyl sites for hydroxylation is 2. The summed E-state index contributed by atoms with van der Waals surface area (Å²) < 4.78 is 32.0. The van der Waals surface area contributed by atoms with E-state index in [1.165, 1.54) is 24.0 Å². The molecule has 1 atom stereocenters. The minimum Gasteiger partial charge on any atom is -0.457 e. The van der Waals surface area contributed by atoms with Crippen LogP contribution in [0.15, 0.2) is 72.8 Å². The van der Waals surface area contributed by atoms with E-state index >= 15 is 0 Å². The van der Waals surface area contributed by atoms with Crippen molar-refractivity contribution in [3.63, 3.8) is 0 Å². The van der Waals surface area contributed by atoms with E-state index < -0.39 is 10.0 Å². The van der Waals surface area contributed by atoms with Crippen LogP contribution in [-0.2, 0) is 27.7 Å². The Balaban J connectivity index is 1.46. The fraction of sp³-hybridized carbons (Fsp3) is 0.321. The van der Waals surface area contributed by atoms with Gasteiger partial charge in [-0.2, -0.15) is 0 Å². The molecule has 0 saturated heterocycles. The molecular weight excluding hydrogens is 460 g/mol. The standard InChI is InChI=1S/C28H32N2O4S/c1-3-27(23-14-13-21-9-7-8-10-22(21)19-23)29-28(31)20-30(35(2,32)33)24-15-17-26(18-16-24)34-25-11-5-4-6-12-25/h4-6,11-19,27H,3,7-10,20H2,1-2H3,(H,29,31)/t27-/m0/s1. The van der Waals surface area contributed by atoms with E-state index in [2.05, 4.69) is 23.5 Å². The van der Waals surface area contributed by atoms with E-state index in [4.69, 9.17) is 4.74 Å². The first-order valence-electron chi connectivity index (χ1n) is 12.0. The minimum absolute atomic E-state index is 0.169. The highest BCUT2D eigenvalue weighted by Gasteiger charge is 2.23. The second-order valence-electron chi connectivity index (χ2n) is 8.94. The summed E-state index contributed by atoms with van der Waals surface area (Å²) in [5, 5.41) is 3.04. The van der Waals surface area contributed by atoms with Gasteiger partial charge in [-0.05, 0) is 85.2 Å². The largest absolute Gasteiger partial charge is 0.457 e. The van der Waals surface area contributed by atoms with Crippen molar-refractivity contribution in [2.24, 2.45) is 0 Å². The van der Waals surface area contributed by atoms with Gasteiger partial charge in [0, 0.05) is 0 Å². The average Bonchev–Trinajstić information content (AvgIpc) is 2.86. The molecule has 0 fully saturated rings. The second-order valence-corrected chi connectivity index (χ2v) is 10.8. The zero-order valence-corrected chi connectivity index (χ0v) is 21.1. The molecule has 3 aromatic rings. The number of sulfonamides is 1. The van der Waals surface area contributed by atoms with Gasteiger partial charge in [0.15, 0.2) is 0 Å². The molecule has 4 rings (SSSR count). The summed E-state index contributed by atoms with van der Waals surface area (Å²) in [5.74, 6) is 0.924. The molecule has 0 unspecified atom stereocenters. The van der Waals surface area contributed by atoms with E-state index in [1.54, 1.807) is 24.3 Å². The van der Waals surface area contributed by atoms with Crippen molar-refractivity contribution in [2.45, 2.75) is 45.1 Å². The molecule has 1 aliphatic carbocycles. The van der Waals surface area contributed by atoms with Gasteiger partial charge in [-0.3, -0.25) is 9.10 Å². The Hall–Kier alpha value is -3.32. The highest BCUT2D eigenvalue weighted by molar-refractivity contribution is 7.92. The number of nitrogens with one attached hydrogen (secondary N) is 1. The average molecular weight is 493 g/mol. The lowest BCUT2D eigenvalue weighted by molar-refractivity contribution is -0.120. The van der Waals surface area contributed by atoms with Crippen LogP contribution in [0.2, 0.25) is 0 Å². The van der Waals surface area contributed by atoms with Crippen LogP contribution in [0.5, 0.6) is 11.5 Å². The lowest BCUT2D eigenvalue weighted by Crippen LogP contribution is -2.41. The van der Waals surface area contributed by atoms with Gasteiger partial charge in [0.2, 0.25) is 15.9 Å². The normalized spacial score (nSPS) is 14.0. The molecule has 0 bridgehead atoms. The maximum Gasteiger partial charge on any atom is 0.241 e. The number of carbonyl (C=O) groups is 1. The number of anilines is 1. The molecular formula is C28H32N2O4S. The van der Waals surface area contributed by atoms with Crippen molar-refractivity contribution < 1.29 is 17.9 Å². The molecule has 1 aliphatic rings. The lowest BCUT2D eigenvalue weighted by Gasteiger charge is -2.25. The first kappa shape index (κ1) is 24.8. The summed E-state index contributed by atoms with van der Waals surface area (Å²) in [6, 6.07) is 22.3. The third kappa shape index (κ3) is 6.42. The SMILES string of the molecule is CC[C@H](NC(=O)CN(c1ccc(Oc2ccccc2)cc1)S(C)(=O)=O)c1ccc2c(c1)CCCC2. The third-order valence-corrected chi connectivity index (χ3v) is 7.45. The first-order chi connectivity index (χ1) is 16.8. The number of fused-ring (bicyclic) bond motifs is 1. The van der Waals surface area contributed by atoms with Crippen molar-refractivity contribution in [3.05, 3.63) is 89.5 Å². The summed E-state index contributed by atoms with van der Waals surface area (Å²) in [5.41, 5.74) is 4.22. The summed E-state index contributed by atoms with van der Waals surface area (Å²) in [7, 11) is -3.67. The first-order valence-corrected chi connectivity index (χ1v) is 13.9.